The lowest BCUT2D eigenvalue weighted by Crippen LogP contribution is -2.24. The van der Waals surface area contributed by atoms with Crippen molar-refractivity contribution in [1.82, 2.24) is 9.78 Å². The van der Waals surface area contributed by atoms with E-state index in [1.807, 2.05) is 38.2 Å². The Morgan fingerprint density at radius 2 is 2.05 bits per heavy atom. The number of nitrogens with one attached hydrogen (secondary N) is 1. The number of fused-ring (bicyclic) bond motifs is 1. The number of amides is 1. The first-order valence-electron chi connectivity index (χ1n) is 6.57. The molecule has 0 saturated heterocycles. The van der Waals surface area contributed by atoms with Gasteiger partial charge >= 0.3 is 0 Å². The topological polar surface area (TPSA) is 56.1 Å². The van der Waals surface area contributed by atoms with E-state index in [1.165, 1.54) is 0 Å². The number of carbonyl (C=O) groups excluding carboxylic acids is 1. The van der Waals surface area contributed by atoms with Gasteiger partial charge in [0.15, 0.2) is 0 Å². The first kappa shape index (κ1) is 12.7. The first-order valence-corrected chi connectivity index (χ1v) is 6.57. The molecule has 1 aromatic carbocycles. The third kappa shape index (κ3) is 1.95. The van der Waals surface area contributed by atoms with Gasteiger partial charge in [-0.15, -0.1) is 0 Å². The number of nitrogens with zero attached hydrogens (tertiary/aromatic N) is 2. The van der Waals surface area contributed by atoms with E-state index in [1.54, 1.807) is 11.8 Å². The summed E-state index contributed by atoms with van der Waals surface area (Å²) in [7, 11) is 3.49. The smallest absolute Gasteiger partial charge is 0.226 e. The van der Waals surface area contributed by atoms with E-state index in [9.17, 15) is 4.79 Å². The highest BCUT2D eigenvalue weighted by molar-refractivity contribution is 5.94. The van der Waals surface area contributed by atoms with Crippen LogP contribution in [0.3, 0.4) is 0 Å². The molecule has 0 bridgehead atoms. The molecule has 104 valence electrons. The zero-order valence-corrected chi connectivity index (χ0v) is 11.8. The SMILES string of the molecule is COc1ccc(C2CC(=O)Nc3c2c(C)nn3C)cc1. The molecule has 0 spiro atoms. The zero-order chi connectivity index (χ0) is 14.3. The van der Waals surface area contributed by atoms with Gasteiger partial charge in [0.05, 0.1) is 12.8 Å². The second-order valence-electron chi connectivity index (χ2n) is 5.05. The van der Waals surface area contributed by atoms with Crippen molar-refractivity contribution in [3.8, 4) is 5.75 Å². The summed E-state index contributed by atoms with van der Waals surface area (Å²) in [6, 6.07) is 7.87. The molecule has 0 fully saturated rings. The van der Waals surface area contributed by atoms with Crippen LogP contribution in [0.5, 0.6) is 5.75 Å². The van der Waals surface area contributed by atoms with Crippen molar-refractivity contribution in [1.29, 1.82) is 0 Å². The number of carbonyl (C=O) groups is 1. The van der Waals surface area contributed by atoms with Crippen molar-refractivity contribution in [2.75, 3.05) is 12.4 Å². The first-order chi connectivity index (χ1) is 9.60. The van der Waals surface area contributed by atoms with E-state index in [2.05, 4.69) is 10.4 Å². The second kappa shape index (κ2) is 4.67. The summed E-state index contributed by atoms with van der Waals surface area (Å²) in [4.78, 5) is 11.9. The van der Waals surface area contributed by atoms with Crippen molar-refractivity contribution in [2.45, 2.75) is 19.3 Å². The molecule has 2 aromatic rings. The molecule has 0 radical (unpaired) electrons. The lowest BCUT2D eigenvalue weighted by atomic mass is 9.86. The van der Waals surface area contributed by atoms with Gasteiger partial charge in [-0.2, -0.15) is 5.10 Å². The van der Waals surface area contributed by atoms with Crippen LogP contribution < -0.4 is 10.1 Å². The molecule has 1 aliphatic heterocycles. The molecule has 1 unspecified atom stereocenters. The van der Waals surface area contributed by atoms with Crippen molar-refractivity contribution in [2.24, 2.45) is 7.05 Å². The Morgan fingerprint density at radius 1 is 1.35 bits per heavy atom. The summed E-state index contributed by atoms with van der Waals surface area (Å²) < 4.78 is 6.91. The lowest BCUT2D eigenvalue weighted by Gasteiger charge is -2.24. The van der Waals surface area contributed by atoms with Crippen molar-refractivity contribution >= 4 is 11.7 Å². The van der Waals surface area contributed by atoms with E-state index in [4.69, 9.17) is 4.74 Å². The predicted octanol–water partition coefficient (Wildman–Crippen LogP) is 2.21. The van der Waals surface area contributed by atoms with E-state index in [0.29, 0.717) is 6.42 Å². The minimum Gasteiger partial charge on any atom is -0.497 e. The molecule has 0 aliphatic carbocycles. The average molecular weight is 271 g/mol. The van der Waals surface area contributed by atoms with E-state index >= 15 is 0 Å². The van der Waals surface area contributed by atoms with E-state index < -0.39 is 0 Å². The van der Waals surface area contributed by atoms with Gasteiger partial charge in [-0.25, -0.2) is 0 Å². The number of rotatable bonds is 2. The van der Waals surface area contributed by atoms with Gasteiger partial charge in [-0.05, 0) is 24.6 Å². The number of hydrogen-bond acceptors (Lipinski definition) is 3. The molecule has 0 saturated carbocycles. The Bertz CT molecular complexity index is 659. The van der Waals surface area contributed by atoms with Crippen molar-refractivity contribution in [3.63, 3.8) is 0 Å². The second-order valence-corrected chi connectivity index (χ2v) is 5.05. The lowest BCUT2D eigenvalue weighted by molar-refractivity contribution is -0.116. The largest absolute Gasteiger partial charge is 0.497 e. The fourth-order valence-electron chi connectivity index (χ4n) is 2.83. The summed E-state index contributed by atoms with van der Waals surface area (Å²) in [6.07, 6.45) is 0.450. The number of anilines is 1. The predicted molar refractivity (Wildman–Crippen MR) is 76.0 cm³/mol. The molecule has 1 aromatic heterocycles. The normalized spacial score (nSPS) is 17.6. The van der Waals surface area contributed by atoms with Gasteiger partial charge in [-0.3, -0.25) is 9.48 Å². The Balaban J connectivity index is 2.07. The monoisotopic (exact) mass is 271 g/mol. The average Bonchev–Trinajstić information content (AvgIpc) is 2.73. The van der Waals surface area contributed by atoms with Crippen LogP contribution in [0.15, 0.2) is 24.3 Å². The zero-order valence-electron chi connectivity index (χ0n) is 11.8. The summed E-state index contributed by atoms with van der Waals surface area (Å²) in [6.45, 7) is 1.98. The summed E-state index contributed by atoms with van der Waals surface area (Å²) in [5.41, 5.74) is 3.18. The molecule has 1 amide bonds. The Hall–Kier alpha value is -2.30. The maximum absolute atomic E-state index is 11.9. The number of aryl methyl sites for hydroxylation is 2. The van der Waals surface area contributed by atoms with Gasteiger partial charge in [0.25, 0.3) is 0 Å². The van der Waals surface area contributed by atoms with Crippen molar-refractivity contribution < 1.29 is 9.53 Å². The van der Waals surface area contributed by atoms with Gasteiger partial charge in [0.2, 0.25) is 5.91 Å². The molecule has 2 heterocycles. The number of hydrogen-bond donors (Lipinski definition) is 1. The number of benzene rings is 1. The summed E-state index contributed by atoms with van der Waals surface area (Å²) in [5, 5.41) is 7.32. The minimum atomic E-state index is 0.0290. The summed E-state index contributed by atoms with van der Waals surface area (Å²) in [5.74, 6) is 1.70. The molecule has 1 aliphatic rings. The van der Waals surface area contributed by atoms with Gasteiger partial charge in [-0.1, -0.05) is 12.1 Å². The maximum atomic E-state index is 11.9. The van der Waals surface area contributed by atoms with Crippen LogP contribution in [0.2, 0.25) is 0 Å². The van der Waals surface area contributed by atoms with Gasteiger partial charge in [0, 0.05) is 24.9 Å². The Labute approximate surface area is 117 Å². The molecule has 1 N–H and O–H groups in total. The highest BCUT2D eigenvalue weighted by Gasteiger charge is 2.31. The van der Waals surface area contributed by atoms with Crippen LogP contribution in [0.4, 0.5) is 5.82 Å². The molecule has 1 atom stereocenters. The highest BCUT2D eigenvalue weighted by Crippen LogP contribution is 2.39. The van der Waals surface area contributed by atoms with Crippen LogP contribution in [0.25, 0.3) is 0 Å². The van der Waals surface area contributed by atoms with E-state index in [0.717, 1.165) is 28.4 Å². The molecular formula is C15H17N3O2. The standard InChI is InChI=1S/C15H17N3O2/c1-9-14-12(10-4-6-11(20-3)7-5-10)8-13(19)16-15(14)18(2)17-9/h4-7,12H,8H2,1-3H3,(H,16,19). The quantitative estimate of drug-likeness (QED) is 0.911. The molecule has 5 heteroatoms. The minimum absolute atomic E-state index is 0.0290. The van der Waals surface area contributed by atoms with Gasteiger partial charge in [0.1, 0.15) is 11.6 Å². The Morgan fingerprint density at radius 3 is 2.70 bits per heavy atom. The van der Waals surface area contributed by atoms with Gasteiger partial charge < -0.3 is 10.1 Å². The van der Waals surface area contributed by atoms with Crippen LogP contribution in [-0.4, -0.2) is 22.8 Å². The maximum Gasteiger partial charge on any atom is 0.226 e. The third-order valence-corrected chi connectivity index (χ3v) is 3.78. The van der Waals surface area contributed by atoms with Crippen LogP contribution >= 0.6 is 0 Å². The number of ether oxygens (including phenoxy) is 1. The van der Waals surface area contributed by atoms with Crippen LogP contribution in [0.1, 0.15) is 29.2 Å². The number of methoxy groups -OCH3 is 1. The Kier molecular flexibility index (Phi) is 2.97. The molecule has 3 rings (SSSR count). The van der Waals surface area contributed by atoms with Crippen molar-refractivity contribution in [3.05, 3.63) is 41.1 Å². The van der Waals surface area contributed by atoms with Crippen LogP contribution in [-0.2, 0) is 11.8 Å². The molecule has 5 nitrogen and oxygen atoms in total. The fourth-order valence-corrected chi connectivity index (χ4v) is 2.83. The number of aromatic nitrogens is 2. The van der Waals surface area contributed by atoms with E-state index in [-0.39, 0.29) is 11.8 Å². The van der Waals surface area contributed by atoms with Crippen LogP contribution in [0, 0.1) is 6.92 Å². The third-order valence-electron chi connectivity index (χ3n) is 3.78. The molecular weight excluding hydrogens is 254 g/mol. The fraction of sp³-hybridized carbons (Fsp3) is 0.333. The molecule has 20 heavy (non-hydrogen) atoms. The summed E-state index contributed by atoms with van der Waals surface area (Å²) >= 11 is 0. The highest BCUT2D eigenvalue weighted by atomic mass is 16.5.